The maximum Gasteiger partial charge on any atom is 0.417 e. The lowest BCUT2D eigenvalue weighted by atomic mass is 10.2. The second kappa shape index (κ2) is 7.43. The van der Waals surface area contributed by atoms with E-state index in [1.54, 1.807) is 11.0 Å². The van der Waals surface area contributed by atoms with Crippen LogP contribution >= 0.6 is 0 Å². The molecule has 146 valence electrons. The van der Waals surface area contributed by atoms with E-state index < -0.39 is 27.6 Å². The molecule has 10 heteroatoms. The molecule has 0 N–H and O–H groups in total. The van der Waals surface area contributed by atoms with Crippen molar-refractivity contribution >= 4 is 15.8 Å². The quantitative estimate of drug-likeness (QED) is 0.737. The summed E-state index contributed by atoms with van der Waals surface area (Å²) in [6.45, 7) is 0.974. The second-order valence-corrected chi connectivity index (χ2v) is 8.14. The lowest BCUT2D eigenvalue weighted by molar-refractivity contribution is -0.137. The third-order valence-corrected chi connectivity index (χ3v) is 6.12. The average molecular weight is 403 g/mol. The van der Waals surface area contributed by atoms with E-state index in [0.29, 0.717) is 24.5 Å². The molecule has 0 unspecified atom stereocenters. The number of sulfonamides is 1. The number of pyridine rings is 1. The van der Waals surface area contributed by atoms with Gasteiger partial charge in [-0.2, -0.15) is 17.5 Å². The fraction of sp³-hybridized carbons (Fsp3) is 0.353. The minimum Gasteiger partial charge on any atom is -0.354 e. The zero-order valence-electron chi connectivity index (χ0n) is 14.2. The SMILES string of the molecule is O=S(=O)(Cc1cccc(F)c1)N1CCN(c2ccc(C(F)(F)F)cn2)CC1. The molecule has 1 aliphatic heterocycles. The van der Waals surface area contributed by atoms with Crippen molar-refractivity contribution < 1.29 is 26.0 Å². The first-order valence-corrected chi connectivity index (χ1v) is 9.76. The maximum atomic E-state index is 13.2. The molecule has 1 fully saturated rings. The van der Waals surface area contributed by atoms with Gasteiger partial charge in [0, 0.05) is 32.4 Å². The predicted octanol–water partition coefficient (Wildman–Crippen LogP) is 2.89. The van der Waals surface area contributed by atoms with Gasteiger partial charge in [0.1, 0.15) is 11.6 Å². The van der Waals surface area contributed by atoms with Crippen molar-refractivity contribution in [3.05, 3.63) is 59.5 Å². The van der Waals surface area contributed by atoms with Crippen LogP contribution in [-0.4, -0.2) is 43.9 Å². The molecule has 0 saturated carbocycles. The summed E-state index contributed by atoms with van der Waals surface area (Å²) >= 11 is 0. The van der Waals surface area contributed by atoms with Crippen LogP contribution in [0.3, 0.4) is 0 Å². The van der Waals surface area contributed by atoms with Gasteiger partial charge < -0.3 is 4.90 Å². The van der Waals surface area contributed by atoms with Crippen molar-refractivity contribution in [1.82, 2.24) is 9.29 Å². The number of anilines is 1. The first kappa shape index (κ1) is 19.6. The van der Waals surface area contributed by atoms with Crippen LogP contribution in [0.1, 0.15) is 11.1 Å². The summed E-state index contributed by atoms with van der Waals surface area (Å²) in [7, 11) is -3.61. The van der Waals surface area contributed by atoms with Crippen LogP contribution in [0.15, 0.2) is 42.6 Å². The van der Waals surface area contributed by atoms with Crippen LogP contribution in [0.2, 0.25) is 0 Å². The Kier molecular flexibility index (Phi) is 5.38. The number of aromatic nitrogens is 1. The van der Waals surface area contributed by atoms with E-state index in [1.807, 2.05) is 0 Å². The largest absolute Gasteiger partial charge is 0.417 e. The third-order valence-electron chi connectivity index (χ3n) is 4.27. The molecule has 2 aromatic rings. The monoisotopic (exact) mass is 403 g/mol. The van der Waals surface area contributed by atoms with E-state index >= 15 is 0 Å². The molecule has 0 amide bonds. The highest BCUT2D eigenvalue weighted by Crippen LogP contribution is 2.29. The number of hydrogen-bond donors (Lipinski definition) is 0. The molecule has 0 radical (unpaired) electrons. The maximum absolute atomic E-state index is 13.2. The highest BCUT2D eigenvalue weighted by molar-refractivity contribution is 7.88. The molecular formula is C17H17F4N3O2S. The summed E-state index contributed by atoms with van der Waals surface area (Å²) in [5, 5.41) is 0. The molecule has 5 nitrogen and oxygen atoms in total. The van der Waals surface area contributed by atoms with Crippen LogP contribution < -0.4 is 4.90 Å². The fourth-order valence-corrected chi connectivity index (χ4v) is 4.37. The molecule has 0 bridgehead atoms. The second-order valence-electron chi connectivity index (χ2n) is 6.18. The molecule has 3 rings (SSSR count). The van der Waals surface area contributed by atoms with Crippen LogP contribution in [-0.2, 0) is 22.0 Å². The molecule has 1 saturated heterocycles. The number of nitrogens with zero attached hydrogens (tertiary/aromatic N) is 3. The predicted molar refractivity (Wildman–Crippen MR) is 92.0 cm³/mol. The van der Waals surface area contributed by atoms with E-state index in [1.165, 1.54) is 28.6 Å². The Labute approximate surface area is 154 Å². The van der Waals surface area contributed by atoms with Crippen molar-refractivity contribution in [3.8, 4) is 0 Å². The standard InChI is InChI=1S/C17H17F4N3O2S/c18-15-3-1-2-13(10-15)12-27(25,26)24-8-6-23(7-9-24)16-5-4-14(11-22-16)17(19,20)21/h1-5,10-11H,6-9,12H2. The highest BCUT2D eigenvalue weighted by atomic mass is 32.2. The van der Waals surface area contributed by atoms with Crippen LogP contribution in [0.4, 0.5) is 23.4 Å². The highest BCUT2D eigenvalue weighted by Gasteiger charge is 2.31. The van der Waals surface area contributed by atoms with Gasteiger partial charge in [0.05, 0.1) is 11.3 Å². The summed E-state index contributed by atoms with van der Waals surface area (Å²) in [4.78, 5) is 5.56. The Morgan fingerprint density at radius 1 is 1.04 bits per heavy atom. The summed E-state index contributed by atoms with van der Waals surface area (Å²) in [5.41, 5.74) is -0.468. The van der Waals surface area contributed by atoms with Gasteiger partial charge >= 0.3 is 6.18 Å². The Morgan fingerprint density at radius 3 is 2.30 bits per heavy atom. The van der Waals surface area contributed by atoms with E-state index in [2.05, 4.69) is 4.98 Å². The smallest absolute Gasteiger partial charge is 0.354 e. The van der Waals surface area contributed by atoms with Crippen molar-refractivity contribution in [2.24, 2.45) is 0 Å². The summed E-state index contributed by atoms with van der Waals surface area (Å²) in [6, 6.07) is 7.65. The Hall–Kier alpha value is -2.20. The van der Waals surface area contributed by atoms with Gasteiger partial charge in [0.15, 0.2) is 0 Å². The molecule has 0 aliphatic carbocycles. The Bertz CT molecular complexity index is 893. The van der Waals surface area contributed by atoms with Gasteiger partial charge in [-0.25, -0.2) is 17.8 Å². The number of rotatable bonds is 4. The zero-order valence-corrected chi connectivity index (χ0v) is 15.0. The van der Waals surface area contributed by atoms with Crippen LogP contribution in [0.5, 0.6) is 0 Å². The van der Waals surface area contributed by atoms with Gasteiger partial charge in [-0.3, -0.25) is 0 Å². The summed E-state index contributed by atoms with van der Waals surface area (Å²) in [5.74, 6) is -0.436. The van der Waals surface area contributed by atoms with Crippen molar-refractivity contribution in [1.29, 1.82) is 0 Å². The van der Waals surface area contributed by atoms with Crippen molar-refractivity contribution in [3.63, 3.8) is 0 Å². The number of halogens is 4. The number of benzene rings is 1. The lowest BCUT2D eigenvalue weighted by Gasteiger charge is -2.34. The first-order valence-electron chi connectivity index (χ1n) is 8.16. The van der Waals surface area contributed by atoms with Gasteiger partial charge in [-0.15, -0.1) is 0 Å². The van der Waals surface area contributed by atoms with Gasteiger partial charge in [-0.05, 0) is 29.8 Å². The van der Waals surface area contributed by atoms with E-state index in [0.717, 1.165) is 12.3 Å². The Morgan fingerprint density at radius 2 is 1.74 bits per heavy atom. The number of alkyl halides is 3. The molecule has 1 aromatic carbocycles. The minimum atomic E-state index is -4.45. The van der Waals surface area contributed by atoms with E-state index in [-0.39, 0.29) is 18.8 Å². The normalized spacial score (nSPS) is 16.5. The summed E-state index contributed by atoms with van der Waals surface area (Å²) < 4.78 is 77.3. The molecular weight excluding hydrogens is 386 g/mol. The third kappa shape index (κ3) is 4.75. The van der Waals surface area contributed by atoms with Crippen molar-refractivity contribution in [2.75, 3.05) is 31.1 Å². The van der Waals surface area contributed by atoms with Gasteiger partial charge in [-0.1, -0.05) is 12.1 Å². The first-order chi connectivity index (χ1) is 12.6. The molecule has 27 heavy (non-hydrogen) atoms. The van der Waals surface area contributed by atoms with E-state index in [9.17, 15) is 26.0 Å². The molecule has 1 aliphatic rings. The van der Waals surface area contributed by atoms with Gasteiger partial charge in [0.2, 0.25) is 10.0 Å². The molecule has 2 heterocycles. The number of hydrogen-bond acceptors (Lipinski definition) is 4. The zero-order chi connectivity index (χ0) is 19.7. The lowest BCUT2D eigenvalue weighted by Crippen LogP contribution is -2.49. The number of piperazine rings is 1. The van der Waals surface area contributed by atoms with E-state index in [4.69, 9.17) is 0 Å². The van der Waals surface area contributed by atoms with Crippen molar-refractivity contribution in [2.45, 2.75) is 11.9 Å². The Balaban J connectivity index is 1.62. The fourth-order valence-electron chi connectivity index (χ4n) is 2.86. The van der Waals surface area contributed by atoms with Gasteiger partial charge in [0.25, 0.3) is 0 Å². The topological polar surface area (TPSA) is 53.5 Å². The van der Waals surface area contributed by atoms with Crippen LogP contribution in [0, 0.1) is 5.82 Å². The molecule has 1 aromatic heterocycles. The summed E-state index contributed by atoms with van der Waals surface area (Å²) in [6.07, 6.45) is -3.68. The molecule has 0 spiro atoms. The molecule has 0 atom stereocenters. The minimum absolute atomic E-state index is 0.181. The van der Waals surface area contributed by atoms with Crippen LogP contribution in [0.25, 0.3) is 0 Å². The average Bonchev–Trinajstić information content (AvgIpc) is 2.61.